The Morgan fingerprint density at radius 3 is 1.27 bits per heavy atom. The molecule has 0 aliphatic carbocycles. The summed E-state index contributed by atoms with van der Waals surface area (Å²) in [5.74, 6) is 2.26. The number of hydrogen-bond acceptors (Lipinski definition) is 15. The second-order valence-electron chi connectivity index (χ2n) is 18.4. The van der Waals surface area contributed by atoms with Crippen LogP contribution in [0.2, 0.25) is 0 Å². The number of nitrogens with zero attached hydrogens (tertiary/aromatic N) is 10. The molecule has 6 aromatic rings. The van der Waals surface area contributed by atoms with E-state index in [-0.39, 0.29) is 40.8 Å². The van der Waals surface area contributed by atoms with Gasteiger partial charge in [-0.25, -0.2) is 39.7 Å². The first-order valence-corrected chi connectivity index (χ1v) is 23.6. The van der Waals surface area contributed by atoms with Crippen LogP contribution < -0.4 is 33.6 Å². The maximum absolute atomic E-state index is 12.5. The highest BCUT2D eigenvalue weighted by Crippen LogP contribution is 2.35. The average Bonchev–Trinajstić information content (AvgIpc) is 3.29. The van der Waals surface area contributed by atoms with E-state index in [2.05, 4.69) is 102 Å². The fourth-order valence-electron chi connectivity index (χ4n) is 6.08. The average molecular weight is 1040 g/mol. The van der Waals surface area contributed by atoms with Gasteiger partial charge in [-0.05, 0) is 85.1 Å². The number of anilines is 5. The zero-order chi connectivity index (χ0) is 56.8. The summed E-state index contributed by atoms with van der Waals surface area (Å²) in [6.07, 6.45) is 0.847. The van der Waals surface area contributed by atoms with E-state index in [9.17, 15) is 31.1 Å². The number of hydrogen-bond donors (Lipinski definition) is 6. The molecule has 0 spiro atoms. The second-order valence-corrected chi connectivity index (χ2v) is 18.4. The van der Waals surface area contributed by atoms with Crippen LogP contribution in [0.5, 0.6) is 0 Å². The Balaban J connectivity index is 0.000000446. The van der Waals surface area contributed by atoms with Crippen molar-refractivity contribution in [2.75, 3.05) is 35.3 Å². The topological polar surface area (TPSA) is 274 Å². The number of nitrogens with two attached hydrogens (primary N) is 4. The van der Waals surface area contributed by atoms with Crippen molar-refractivity contribution >= 4 is 35.4 Å². The van der Waals surface area contributed by atoms with E-state index in [1.165, 1.54) is 23.3 Å². The normalized spacial score (nSPS) is 11.0. The van der Waals surface area contributed by atoms with Crippen LogP contribution in [0.4, 0.5) is 60.5 Å². The van der Waals surface area contributed by atoms with E-state index in [0.717, 1.165) is 34.7 Å². The summed E-state index contributed by atoms with van der Waals surface area (Å²) in [7, 11) is 1.55. The SMILES string of the molecule is CC(C)c1ccc(N)nc1C(F)(F)F.CC(C)c1cnc(N)nc1C(F)(F)F.CNC(=O)Nc1cnc(C(C)C)cn1.Cc1cnc(C(C)C)cn1.Cc1nc(N)ccc1C(C)C.Cc1nc(N)ncc1C(C)C. The van der Waals surface area contributed by atoms with Gasteiger partial charge in [-0.3, -0.25) is 20.3 Å². The molecule has 0 aliphatic rings. The van der Waals surface area contributed by atoms with Crippen LogP contribution in [0.25, 0.3) is 0 Å². The summed E-state index contributed by atoms with van der Waals surface area (Å²) in [6.45, 7) is 29.4. The monoisotopic (exact) mass is 1040 g/mol. The minimum atomic E-state index is -4.48. The van der Waals surface area contributed by atoms with E-state index in [1.54, 1.807) is 59.5 Å². The quantitative estimate of drug-likeness (QED) is 0.0811. The summed E-state index contributed by atoms with van der Waals surface area (Å²) >= 11 is 0. The number of halogens is 6. The minimum Gasteiger partial charge on any atom is -0.384 e. The summed E-state index contributed by atoms with van der Waals surface area (Å²) in [6, 6.07) is 6.35. The lowest BCUT2D eigenvalue weighted by atomic mass is 10.0. The predicted molar refractivity (Wildman–Crippen MR) is 281 cm³/mol. The van der Waals surface area contributed by atoms with Crippen molar-refractivity contribution in [3.8, 4) is 0 Å². The molecule has 6 rings (SSSR count). The van der Waals surface area contributed by atoms with Crippen molar-refractivity contribution in [2.45, 2.75) is 152 Å². The highest BCUT2D eigenvalue weighted by Gasteiger charge is 2.37. The van der Waals surface area contributed by atoms with E-state index in [4.69, 9.17) is 22.9 Å². The number of alkyl halides is 6. The molecule has 0 aliphatic heterocycles. The number of urea groups is 1. The highest BCUT2D eigenvalue weighted by atomic mass is 19.4. The molecule has 74 heavy (non-hydrogen) atoms. The van der Waals surface area contributed by atoms with Crippen LogP contribution in [0.3, 0.4) is 0 Å². The number of amides is 2. The Kier molecular flexibility index (Phi) is 26.2. The summed E-state index contributed by atoms with van der Waals surface area (Å²) in [5.41, 5.74) is 27.1. The van der Waals surface area contributed by atoms with E-state index in [1.807, 2.05) is 52.9 Å². The molecule has 0 unspecified atom stereocenters. The summed E-state index contributed by atoms with van der Waals surface area (Å²) < 4.78 is 74.7. The van der Waals surface area contributed by atoms with Gasteiger partial charge in [0.1, 0.15) is 17.3 Å². The van der Waals surface area contributed by atoms with Crippen LogP contribution in [-0.2, 0) is 12.4 Å². The van der Waals surface area contributed by atoms with Crippen LogP contribution in [-0.4, -0.2) is 62.9 Å². The van der Waals surface area contributed by atoms with Gasteiger partial charge in [0.25, 0.3) is 0 Å². The van der Waals surface area contributed by atoms with Gasteiger partial charge in [0, 0.05) is 48.8 Å². The Hall–Kier alpha value is -7.33. The van der Waals surface area contributed by atoms with Gasteiger partial charge in [0.05, 0.1) is 29.5 Å². The molecule has 0 aromatic carbocycles. The third kappa shape index (κ3) is 23.0. The number of rotatable bonds is 7. The van der Waals surface area contributed by atoms with Gasteiger partial charge >= 0.3 is 18.4 Å². The molecule has 0 atom stereocenters. The van der Waals surface area contributed by atoms with Gasteiger partial charge in [-0.15, -0.1) is 0 Å². The first-order valence-electron chi connectivity index (χ1n) is 23.6. The van der Waals surface area contributed by atoms with E-state index >= 15 is 0 Å². The lowest BCUT2D eigenvalue weighted by molar-refractivity contribution is -0.142. The number of carbonyl (C=O) groups excluding carboxylic acids is 1. The van der Waals surface area contributed by atoms with Crippen LogP contribution in [0, 0.1) is 20.8 Å². The van der Waals surface area contributed by atoms with Crippen molar-refractivity contribution in [3.05, 3.63) is 124 Å². The molecule has 6 aromatic heterocycles. The highest BCUT2D eigenvalue weighted by molar-refractivity contribution is 5.87. The van der Waals surface area contributed by atoms with Gasteiger partial charge in [-0.1, -0.05) is 95.2 Å². The van der Waals surface area contributed by atoms with E-state index < -0.39 is 23.7 Å². The zero-order valence-corrected chi connectivity index (χ0v) is 45.2. The fourth-order valence-corrected chi connectivity index (χ4v) is 6.08. The molecule has 0 fully saturated rings. The number of aromatic nitrogens is 10. The van der Waals surface area contributed by atoms with Gasteiger partial charge in [0.15, 0.2) is 11.5 Å². The van der Waals surface area contributed by atoms with Crippen molar-refractivity contribution in [3.63, 3.8) is 0 Å². The molecule has 0 bridgehead atoms. The summed E-state index contributed by atoms with van der Waals surface area (Å²) in [5, 5.41) is 4.97. The fraction of sp³-hybridized carbons (Fsp3) is 0.471. The number of pyridine rings is 2. The largest absolute Gasteiger partial charge is 0.433 e. The van der Waals surface area contributed by atoms with Gasteiger partial charge < -0.3 is 28.3 Å². The van der Waals surface area contributed by atoms with E-state index in [0.29, 0.717) is 41.3 Å². The molecule has 17 nitrogen and oxygen atoms in total. The van der Waals surface area contributed by atoms with Crippen LogP contribution in [0.15, 0.2) is 61.4 Å². The standard InChI is InChI=1S/C9H11F3N2.C9H14N4O.C9H14N2.C8H10F3N3.C8H13N3.C8H12N2/c1-5(2)6-3-4-7(13)14-8(6)9(10,11)12;1-6(2)7-4-12-8(5-11-7)13-9(14)10-3;1-6(2)8-4-5-9(10)11-7(8)3;1-4(2)5-3-13-7(12)14-6(5)8(9,10)11;1-5(2)7-4-10-8(9)11-6(7)3;1-6(2)8-5-9-7(3)4-10-8/h3-5H,1-2H3,(H2,13,14);4-6H,1-3H3,(H2,10,12,13,14);4-6H,1-3H3,(H2,10,11);3-4H,1-2H3,(H2,12,13,14);4-5H,1-3H3,(H2,9,10,11);4-6H,1-3H3. The second kappa shape index (κ2) is 30.0. The zero-order valence-electron chi connectivity index (χ0n) is 45.2. The summed E-state index contributed by atoms with van der Waals surface area (Å²) in [4.78, 5) is 49.7. The Bertz CT molecular complexity index is 2500. The van der Waals surface area contributed by atoms with Crippen LogP contribution >= 0.6 is 0 Å². The third-order valence-corrected chi connectivity index (χ3v) is 10.1. The van der Waals surface area contributed by atoms with Crippen molar-refractivity contribution in [1.29, 1.82) is 0 Å². The van der Waals surface area contributed by atoms with Crippen molar-refractivity contribution in [2.24, 2.45) is 0 Å². The number of aryl methyl sites for hydroxylation is 3. The maximum Gasteiger partial charge on any atom is 0.433 e. The molecular formula is C51H74F6N16O. The smallest absolute Gasteiger partial charge is 0.384 e. The predicted octanol–water partition coefficient (Wildman–Crippen LogP) is 11.9. The molecule has 10 N–H and O–H groups in total. The molecular weight excluding hydrogens is 967 g/mol. The maximum atomic E-state index is 12.5. The third-order valence-electron chi connectivity index (χ3n) is 10.1. The lowest BCUT2D eigenvalue weighted by Crippen LogP contribution is -2.25. The van der Waals surface area contributed by atoms with Gasteiger partial charge in [0.2, 0.25) is 11.9 Å². The molecule has 2 amide bonds. The lowest BCUT2D eigenvalue weighted by Gasteiger charge is -2.14. The molecule has 23 heteroatoms. The molecule has 0 saturated carbocycles. The van der Waals surface area contributed by atoms with Crippen molar-refractivity contribution in [1.82, 2.24) is 55.2 Å². The molecule has 0 saturated heterocycles. The van der Waals surface area contributed by atoms with Crippen molar-refractivity contribution < 1.29 is 31.1 Å². The number of carbonyl (C=O) groups is 1. The van der Waals surface area contributed by atoms with Crippen LogP contribution in [0.1, 0.15) is 181 Å². The Morgan fingerprint density at radius 2 is 0.878 bits per heavy atom. The number of nitrogens with one attached hydrogen (secondary N) is 2. The van der Waals surface area contributed by atoms with Gasteiger partial charge in [-0.2, -0.15) is 26.3 Å². The minimum absolute atomic E-state index is 0.0618. The molecule has 406 valence electrons. The molecule has 0 radical (unpaired) electrons. The first-order chi connectivity index (χ1) is 34.2. The first kappa shape index (κ1) is 64.7. The Morgan fingerprint density at radius 1 is 0.459 bits per heavy atom. The molecule has 6 heterocycles. The number of nitrogen functional groups attached to an aromatic ring is 4. The Labute approximate surface area is 431 Å².